The second-order valence-corrected chi connectivity index (χ2v) is 3.52. The lowest BCUT2D eigenvalue weighted by molar-refractivity contribution is 0.479. The molecule has 0 spiro atoms. The summed E-state index contributed by atoms with van der Waals surface area (Å²) >= 11 is 0. The predicted octanol–water partition coefficient (Wildman–Crippen LogP) is 0.707. The van der Waals surface area contributed by atoms with E-state index in [-0.39, 0.29) is 6.16 Å². The van der Waals surface area contributed by atoms with Crippen LogP contribution >= 0.6 is 7.52 Å². The highest BCUT2D eigenvalue weighted by molar-refractivity contribution is 7.55. The molecule has 0 aromatic rings. The fraction of sp³-hybridized carbons (Fsp3) is 0.500. The average Bonchev–Trinajstić information content (AvgIpc) is 1.59. The summed E-state index contributed by atoms with van der Waals surface area (Å²) in [5.41, 5.74) is 4.78. The van der Waals surface area contributed by atoms with E-state index in [9.17, 15) is 4.57 Å². The van der Waals surface area contributed by atoms with Crippen LogP contribution in [0.2, 0.25) is 0 Å². The topological polar surface area (TPSA) is 63.3 Å². The van der Waals surface area contributed by atoms with Crippen molar-refractivity contribution in [2.24, 2.45) is 5.50 Å². The lowest BCUT2D eigenvalue weighted by Crippen LogP contribution is -1.96. The maximum absolute atomic E-state index is 10.3. The lowest BCUT2D eigenvalue weighted by Gasteiger charge is -1.99. The normalized spacial score (nSPS) is 17.2. The first kappa shape index (κ1) is 7.89. The number of rotatable bonds is 3. The number of hydrogen-bond acceptors (Lipinski definition) is 1. The summed E-state index contributed by atoms with van der Waals surface area (Å²) < 4.78 is 10.3. The third-order valence-electron chi connectivity index (χ3n) is 0.654. The van der Waals surface area contributed by atoms with E-state index in [1.807, 2.05) is 0 Å². The molecule has 0 aromatic carbocycles. The van der Waals surface area contributed by atoms with E-state index in [1.165, 1.54) is 0 Å². The van der Waals surface area contributed by atoms with Crippen molar-refractivity contribution in [1.82, 2.24) is 0 Å². The van der Waals surface area contributed by atoms with Gasteiger partial charge in [0.1, 0.15) is 0 Å². The summed E-state index contributed by atoms with van der Waals surface area (Å²) in [6.45, 7) is 3.38. The van der Waals surface area contributed by atoms with Crippen molar-refractivity contribution in [2.75, 3.05) is 6.16 Å². The van der Waals surface area contributed by atoms with Crippen molar-refractivity contribution in [3.8, 4) is 0 Å². The summed E-state index contributed by atoms with van der Waals surface area (Å²) in [4.78, 5) is 8.43. The number of allylic oxidation sites excluding steroid dienone is 1. The van der Waals surface area contributed by atoms with Crippen molar-refractivity contribution in [3.05, 3.63) is 12.7 Å². The minimum absolute atomic E-state index is 0.135. The Bertz CT molecular complexity index is 117. The van der Waals surface area contributed by atoms with Gasteiger partial charge in [-0.1, -0.05) is 6.08 Å². The maximum Gasteiger partial charge on any atom is 0.264 e. The van der Waals surface area contributed by atoms with Gasteiger partial charge in [-0.2, -0.15) is 0 Å². The van der Waals surface area contributed by atoms with Gasteiger partial charge in [-0.3, -0.25) is 10.1 Å². The van der Waals surface area contributed by atoms with E-state index in [1.54, 1.807) is 6.08 Å². The zero-order valence-electron chi connectivity index (χ0n) is 4.58. The summed E-state index contributed by atoms with van der Waals surface area (Å²) in [5, 5.41) is 0. The maximum atomic E-state index is 10.3. The first-order chi connectivity index (χ1) is 3.56. The predicted molar refractivity (Wildman–Crippen MR) is 33.7 cm³/mol. The quantitative estimate of drug-likeness (QED) is 0.442. The summed E-state index contributed by atoms with van der Waals surface area (Å²) in [6.07, 6.45) is 2.20. The van der Waals surface area contributed by atoms with Crippen molar-refractivity contribution < 1.29 is 9.46 Å². The van der Waals surface area contributed by atoms with Crippen LogP contribution in [-0.2, 0) is 4.57 Å². The Hall–Kier alpha value is -0.110. The molecule has 1 atom stereocenters. The SMILES string of the molecule is C=CCCP(N)(=O)O. The molecule has 4 heteroatoms. The zero-order chi connectivity index (χ0) is 6.62. The second-order valence-electron chi connectivity index (χ2n) is 1.56. The van der Waals surface area contributed by atoms with Gasteiger partial charge >= 0.3 is 0 Å². The van der Waals surface area contributed by atoms with Crippen molar-refractivity contribution >= 4 is 7.52 Å². The Morgan fingerprint density at radius 1 is 1.88 bits per heavy atom. The van der Waals surface area contributed by atoms with Crippen LogP contribution < -0.4 is 5.50 Å². The van der Waals surface area contributed by atoms with Gasteiger partial charge in [0.2, 0.25) is 0 Å². The van der Waals surface area contributed by atoms with Crippen LogP contribution in [0.4, 0.5) is 0 Å². The van der Waals surface area contributed by atoms with E-state index in [4.69, 9.17) is 10.4 Å². The van der Waals surface area contributed by atoms with Crippen molar-refractivity contribution in [3.63, 3.8) is 0 Å². The van der Waals surface area contributed by atoms with Crippen LogP contribution in [0.5, 0.6) is 0 Å². The van der Waals surface area contributed by atoms with E-state index in [0.29, 0.717) is 6.42 Å². The van der Waals surface area contributed by atoms with E-state index in [0.717, 1.165) is 0 Å². The van der Waals surface area contributed by atoms with Crippen LogP contribution in [0, 0.1) is 0 Å². The molecule has 0 amide bonds. The molecular formula is C4H10NO2P. The Balaban J connectivity index is 3.40. The van der Waals surface area contributed by atoms with Gasteiger partial charge in [0.15, 0.2) is 0 Å². The molecule has 48 valence electrons. The molecule has 0 aliphatic rings. The van der Waals surface area contributed by atoms with E-state index < -0.39 is 7.52 Å². The number of hydrogen-bond donors (Lipinski definition) is 2. The smallest absolute Gasteiger partial charge is 0.264 e. The van der Waals surface area contributed by atoms with Crippen LogP contribution in [0.1, 0.15) is 6.42 Å². The first-order valence-corrected chi connectivity index (χ1v) is 4.19. The standard InChI is InChI=1S/C4H10NO2P/c1-2-3-4-8(5,6)7/h2H,1,3-4H2,(H3,5,6,7). The van der Waals surface area contributed by atoms with Gasteiger partial charge in [0.25, 0.3) is 7.52 Å². The third kappa shape index (κ3) is 5.89. The molecule has 0 radical (unpaired) electrons. The van der Waals surface area contributed by atoms with Crippen LogP contribution in [0.3, 0.4) is 0 Å². The Morgan fingerprint density at radius 3 is 2.50 bits per heavy atom. The molecule has 0 aliphatic heterocycles. The lowest BCUT2D eigenvalue weighted by atomic mass is 10.5. The minimum atomic E-state index is -3.25. The number of nitrogens with two attached hydrogens (primary N) is 1. The highest BCUT2D eigenvalue weighted by Crippen LogP contribution is 2.29. The largest absolute Gasteiger partial charge is 0.333 e. The molecule has 0 saturated heterocycles. The molecule has 0 bridgehead atoms. The van der Waals surface area contributed by atoms with Crippen LogP contribution in [0.25, 0.3) is 0 Å². The molecule has 0 heterocycles. The van der Waals surface area contributed by atoms with Gasteiger partial charge in [-0.05, 0) is 6.42 Å². The fourth-order valence-corrected chi connectivity index (χ4v) is 0.829. The Kier molecular flexibility index (Phi) is 2.98. The second kappa shape index (κ2) is 3.02. The average molecular weight is 135 g/mol. The van der Waals surface area contributed by atoms with Gasteiger partial charge in [-0.15, -0.1) is 6.58 Å². The fourth-order valence-electron chi connectivity index (χ4n) is 0.276. The molecular weight excluding hydrogens is 125 g/mol. The molecule has 3 N–H and O–H groups in total. The Labute approximate surface area is 48.7 Å². The van der Waals surface area contributed by atoms with E-state index >= 15 is 0 Å². The van der Waals surface area contributed by atoms with Gasteiger partial charge in [0, 0.05) is 6.16 Å². The molecule has 8 heavy (non-hydrogen) atoms. The monoisotopic (exact) mass is 135 g/mol. The van der Waals surface area contributed by atoms with Crippen molar-refractivity contribution in [1.29, 1.82) is 0 Å². The summed E-state index contributed by atoms with van der Waals surface area (Å²) in [6, 6.07) is 0. The Morgan fingerprint density at radius 2 is 2.38 bits per heavy atom. The molecule has 0 aromatic heterocycles. The summed E-state index contributed by atoms with van der Waals surface area (Å²) in [5.74, 6) is 0. The highest BCUT2D eigenvalue weighted by atomic mass is 31.2. The van der Waals surface area contributed by atoms with Crippen molar-refractivity contribution in [2.45, 2.75) is 6.42 Å². The molecule has 0 fully saturated rings. The summed E-state index contributed by atoms with van der Waals surface area (Å²) in [7, 11) is -3.25. The van der Waals surface area contributed by atoms with Crippen LogP contribution in [-0.4, -0.2) is 11.1 Å². The minimum Gasteiger partial charge on any atom is -0.333 e. The van der Waals surface area contributed by atoms with E-state index in [2.05, 4.69) is 6.58 Å². The third-order valence-corrected chi connectivity index (χ3v) is 1.55. The molecule has 0 rings (SSSR count). The molecule has 3 nitrogen and oxygen atoms in total. The molecule has 0 saturated carbocycles. The zero-order valence-corrected chi connectivity index (χ0v) is 5.47. The van der Waals surface area contributed by atoms with Gasteiger partial charge < -0.3 is 4.89 Å². The first-order valence-electron chi connectivity index (χ1n) is 2.27. The van der Waals surface area contributed by atoms with Crippen LogP contribution in [0.15, 0.2) is 12.7 Å². The molecule has 0 aliphatic carbocycles. The highest BCUT2D eigenvalue weighted by Gasteiger charge is 2.06. The molecule has 1 unspecified atom stereocenters. The van der Waals surface area contributed by atoms with Gasteiger partial charge in [-0.25, -0.2) is 0 Å². The van der Waals surface area contributed by atoms with Gasteiger partial charge in [0.05, 0.1) is 0 Å².